The maximum atomic E-state index is 5.39. The number of hydrogen-bond acceptors (Lipinski definition) is 2. The predicted octanol–water partition coefficient (Wildman–Crippen LogP) is 2.57. The Kier molecular flexibility index (Phi) is 1.25. The molecule has 1 aliphatic heterocycles. The zero-order valence-electron chi connectivity index (χ0n) is 6.99. The summed E-state index contributed by atoms with van der Waals surface area (Å²) in [5.74, 6) is 1.72. The molecule has 0 amide bonds. The summed E-state index contributed by atoms with van der Waals surface area (Å²) in [6, 6.07) is 12.1. The molecule has 0 atom stereocenters. The predicted molar refractivity (Wildman–Crippen MR) is 50.1 cm³/mol. The van der Waals surface area contributed by atoms with Gasteiger partial charge in [-0.25, -0.2) is 0 Å². The van der Waals surface area contributed by atoms with Crippen LogP contribution in [-0.2, 0) is 0 Å². The van der Waals surface area contributed by atoms with Gasteiger partial charge >= 0.3 is 0 Å². The Bertz CT molecular complexity index is 463. The Hall–Kier alpha value is -1.70. The minimum atomic E-state index is 0.337. The van der Waals surface area contributed by atoms with E-state index in [1.807, 2.05) is 30.3 Å². The van der Waals surface area contributed by atoms with E-state index in [2.05, 4.69) is 6.07 Å². The standard InChI is InChI=1S/C11H8O2/c1-2-4-9-8(3-1)5-6-10-11(9)13-7-12-10/h1-6H,7H2. The van der Waals surface area contributed by atoms with Crippen LogP contribution in [0.4, 0.5) is 0 Å². The van der Waals surface area contributed by atoms with E-state index in [1.54, 1.807) is 0 Å². The van der Waals surface area contributed by atoms with Crippen molar-refractivity contribution in [2.75, 3.05) is 6.79 Å². The second kappa shape index (κ2) is 2.39. The van der Waals surface area contributed by atoms with E-state index in [0.717, 1.165) is 16.9 Å². The van der Waals surface area contributed by atoms with Gasteiger partial charge in [0.2, 0.25) is 6.79 Å². The number of hydrogen-bond donors (Lipinski definition) is 0. The highest BCUT2D eigenvalue weighted by molar-refractivity contribution is 5.90. The van der Waals surface area contributed by atoms with Crippen LogP contribution in [-0.4, -0.2) is 6.79 Å². The van der Waals surface area contributed by atoms with Crippen molar-refractivity contribution in [1.29, 1.82) is 0 Å². The molecule has 2 heteroatoms. The Balaban J connectivity index is 2.43. The molecule has 0 unspecified atom stereocenters. The van der Waals surface area contributed by atoms with Crippen LogP contribution < -0.4 is 9.47 Å². The SMILES string of the molecule is c1ccc2c3c(ccc2c1)OCO3. The average molecular weight is 172 g/mol. The third kappa shape index (κ3) is 0.886. The first-order valence-corrected chi connectivity index (χ1v) is 4.22. The minimum Gasteiger partial charge on any atom is -0.454 e. The summed E-state index contributed by atoms with van der Waals surface area (Å²) in [4.78, 5) is 0. The van der Waals surface area contributed by atoms with Gasteiger partial charge in [-0.1, -0.05) is 30.3 Å². The first-order valence-electron chi connectivity index (χ1n) is 4.22. The lowest BCUT2D eigenvalue weighted by Gasteiger charge is -2.00. The smallest absolute Gasteiger partial charge is 0.231 e. The molecular formula is C11H8O2. The van der Waals surface area contributed by atoms with Crippen LogP contribution in [0.25, 0.3) is 10.8 Å². The van der Waals surface area contributed by atoms with Gasteiger partial charge in [0, 0.05) is 5.39 Å². The van der Waals surface area contributed by atoms with Crippen molar-refractivity contribution in [3.63, 3.8) is 0 Å². The molecule has 3 rings (SSSR count). The molecule has 2 aromatic carbocycles. The van der Waals surface area contributed by atoms with Crippen molar-refractivity contribution >= 4 is 10.8 Å². The molecule has 1 heterocycles. The van der Waals surface area contributed by atoms with E-state index in [0.29, 0.717) is 6.79 Å². The fraction of sp³-hybridized carbons (Fsp3) is 0.0909. The highest BCUT2D eigenvalue weighted by Crippen LogP contribution is 2.38. The van der Waals surface area contributed by atoms with Crippen LogP contribution in [0, 0.1) is 0 Å². The van der Waals surface area contributed by atoms with Crippen LogP contribution in [0.15, 0.2) is 36.4 Å². The summed E-state index contributed by atoms with van der Waals surface area (Å²) in [5.41, 5.74) is 0. The average Bonchev–Trinajstić information content (AvgIpc) is 2.65. The fourth-order valence-electron chi connectivity index (χ4n) is 1.64. The molecule has 0 spiro atoms. The fourth-order valence-corrected chi connectivity index (χ4v) is 1.64. The molecule has 2 nitrogen and oxygen atoms in total. The van der Waals surface area contributed by atoms with E-state index in [-0.39, 0.29) is 0 Å². The van der Waals surface area contributed by atoms with Gasteiger partial charge in [-0.3, -0.25) is 0 Å². The van der Waals surface area contributed by atoms with Gasteiger partial charge in [-0.15, -0.1) is 0 Å². The molecule has 0 saturated carbocycles. The summed E-state index contributed by atoms with van der Waals surface area (Å²) in [5, 5.41) is 2.31. The summed E-state index contributed by atoms with van der Waals surface area (Å²) in [6.45, 7) is 0.337. The molecule has 64 valence electrons. The number of rotatable bonds is 0. The monoisotopic (exact) mass is 172 g/mol. The van der Waals surface area contributed by atoms with Gasteiger partial charge in [0.05, 0.1) is 0 Å². The number of benzene rings is 2. The topological polar surface area (TPSA) is 18.5 Å². The summed E-state index contributed by atoms with van der Waals surface area (Å²) >= 11 is 0. The van der Waals surface area contributed by atoms with Gasteiger partial charge in [-0.2, -0.15) is 0 Å². The lowest BCUT2D eigenvalue weighted by atomic mass is 10.1. The van der Waals surface area contributed by atoms with Crippen LogP contribution in [0.5, 0.6) is 11.5 Å². The van der Waals surface area contributed by atoms with Crippen molar-refractivity contribution < 1.29 is 9.47 Å². The van der Waals surface area contributed by atoms with E-state index >= 15 is 0 Å². The third-order valence-corrected chi connectivity index (χ3v) is 2.26. The molecule has 2 aromatic rings. The first-order chi connectivity index (χ1) is 6.45. The Morgan fingerprint density at radius 3 is 2.85 bits per heavy atom. The summed E-state index contributed by atoms with van der Waals surface area (Å²) in [6.07, 6.45) is 0. The van der Waals surface area contributed by atoms with E-state index < -0.39 is 0 Å². The highest BCUT2D eigenvalue weighted by atomic mass is 16.7. The van der Waals surface area contributed by atoms with Crippen molar-refractivity contribution in [2.45, 2.75) is 0 Å². The van der Waals surface area contributed by atoms with Crippen LogP contribution in [0.2, 0.25) is 0 Å². The van der Waals surface area contributed by atoms with E-state index in [9.17, 15) is 0 Å². The maximum absolute atomic E-state index is 5.39. The molecule has 0 radical (unpaired) electrons. The van der Waals surface area contributed by atoms with Gasteiger partial charge in [0.1, 0.15) is 0 Å². The first kappa shape index (κ1) is 6.78. The van der Waals surface area contributed by atoms with E-state index in [1.165, 1.54) is 5.39 Å². The van der Waals surface area contributed by atoms with Gasteiger partial charge in [0.15, 0.2) is 11.5 Å². The largest absolute Gasteiger partial charge is 0.454 e. The lowest BCUT2D eigenvalue weighted by molar-refractivity contribution is 0.175. The second-order valence-corrected chi connectivity index (χ2v) is 3.02. The molecule has 0 saturated heterocycles. The van der Waals surface area contributed by atoms with Crippen molar-refractivity contribution in [1.82, 2.24) is 0 Å². The molecule has 13 heavy (non-hydrogen) atoms. The third-order valence-electron chi connectivity index (χ3n) is 2.26. The van der Waals surface area contributed by atoms with Crippen molar-refractivity contribution in [3.8, 4) is 11.5 Å². The second-order valence-electron chi connectivity index (χ2n) is 3.02. The normalized spacial score (nSPS) is 13.5. The van der Waals surface area contributed by atoms with Crippen molar-refractivity contribution in [2.24, 2.45) is 0 Å². The van der Waals surface area contributed by atoms with Crippen LogP contribution >= 0.6 is 0 Å². The van der Waals surface area contributed by atoms with E-state index in [4.69, 9.17) is 9.47 Å². The Morgan fingerprint density at radius 1 is 0.923 bits per heavy atom. The zero-order valence-corrected chi connectivity index (χ0v) is 6.99. The zero-order chi connectivity index (χ0) is 8.67. The van der Waals surface area contributed by atoms with Gasteiger partial charge < -0.3 is 9.47 Å². The summed E-state index contributed by atoms with van der Waals surface area (Å²) < 4.78 is 10.7. The Morgan fingerprint density at radius 2 is 1.85 bits per heavy atom. The maximum Gasteiger partial charge on any atom is 0.231 e. The quantitative estimate of drug-likeness (QED) is 0.608. The lowest BCUT2D eigenvalue weighted by Crippen LogP contribution is -1.93. The van der Waals surface area contributed by atoms with Gasteiger partial charge in [-0.05, 0) is 11.5 Å². The number of fused-ring (bicyclic) bond motifs is 3. The molecule has 0 aliphatic carbocycles. The molecule has 0 N–H and O–H groups in total. The molecule has 0 aromatic heterocycles. The van der Waals surface area contributed by atoms with Crippen LogP contribution in [0.1, 0.15) is 0 Å². The summed E-state index contributed by atoms with van der Waals surface area (Å²) in [7, 11) is 0. The molecule has 0 bridgehead atoms. The molecule has 1 aliphatic rings. The van der Waals surface area contributed by atoms with Crippen molar-refractivity contribution in [3.05, 3.63) is 36.4 Å². The molecule has 0 fully saturated rings. The van der Waals surface area contributed by atoms with Gasteiger partial charge in [0.25, 0.3) is 0 Å². The highest BCUT2D eigenvalue weighted by Gasteiger charge is 2.15. The Labute approximate surface area is 75.7 Å². The minimum absolute atomic E-state index is 0.337. The molecular weight excluding hydrogens is 164 g/mol. The number of ether oxygens (including phenoxy) is 2. The van der Waals surface area contributed by atoms with Crippen LogP contribution in [0.3, 0.4) is 0 Å².